The first kappa shape index (κ1) is 36.7. The Morgan fingerprint density at radius 2 is 1.48 bits per heavy atom. The highest BCUT2D eigenvalue weighted by Gasteiger charge is 2.24. The molecule has 0 aliphatic carbocycles. The molecule has 5 rings (SSSR count). The number of aromatic nitrogens is 1. The standard InChI is InChI=1S/C44H52N2O4/c1-8-11-13-14-20-39(45-50-31(7)47)43(48)33-21-22-40-36(25-33)37-26-38(44(49)41-29(5)23-28(4)24-30(41)6)34-18-15-16-19-35(34)42(37)46(40)27-32(10-3)17-12-9-2/h15-16,18-19,21-26,32H,8-14,17,20,27H2,1-7H3/b45-39-. The fourth-order valence-corrected chi connectivity index (χ4v) is 7.54. The Morgan fingerprint density at radius 3 is 2.14 bits per heavy atom. The molecule has 0 spiro atoms. The van der Waals surface area contributed by atoms with Crippen molar-refractivity contribution in [2.24, 2.45) is 11.1 Å². The number of benzene rings is 4. The first-order valence-corrected chi connectivity index (χ1v) is 18.5. The zero-order valence-corrected chi connectivity index (χ0v) is 30.9. The Hall–Kier alpha value is -4.58. The average Bonchev–Trinajstić information content (AvgIpc) is 3.40. The maximum absolute atomic E-state index is 14.6. The summed E-state index contributed by atoms with van der Waals surface area (Å²) < 4.78 is 2.42. The Bertz CT molecular complexity index is 2060. The van der Waals surface area contributed by atoms with Crippen LogP contribution < -0.4 is 0 Å². The summed E-state index contributed by atoms with van der Waals surface area (Å²) in [5.41, 5.74) is 7.30. The van der Waals surface area contributed by atoms with Crippen LogP contribution in [-0.2, 0) is 16.2 Å². The minimum absolute atomic E-state index is 0.00323. The molecule has 0 amide bonds. The SMILES string of the molecule is CCCCCC/C(=N/OC(C)=O)C(=O)c1ccc2c(c1)c1cc(C(=O)c3c(C)cc(C)cc3C)c3ccccc3c1n2CC(CC)CCCC. The predicted octanol–water partition coefficient (Wildman–Crippen LogP) is 11.4. The topological polar surface area (TPSA) is 77.7 Å². The van der Waals surface area contributed by atoms with Crippen LogP contribution in [0, 0.1) is 26.7 Å². The van der Waals surface area contributed by atoms with E-state index >= 15 is 0 Å². The van der Waals surface area contributed by atoms with E-state index in [1.54, 1.807) is 0 Å². The Labute approximate surface area is 296 Å². The number of hydrogen-bond acceptors (Lipinski definition) is 5. The maximum Gasteiger partial charge on any atom is 0.331 e. The second kappa shape index (κ2) is 16.4. The number of unbranched alkanes of at least 4 members (excludes halogenated alkanes) is 4. The van der Waals surface area contributed by atoms with E-state index in [-0.39, 0.29) is 17.3 Å². The number of rotatable bonds is 16. The van der Waals surface area contributed by atoms with E-state index in [4.69, 9.17) is 4.84 Å². The van der Waals surface area contributed by atoms with Gasteiger partial charge in [-0.15, -0.1) is 0 Å². The zero-order chi connectivity index (χ0) is 35.9. The number of carbonyl (C=O) groups is 3. The van der Waals surface area contributed by atoms with Crippen molar-refractivity contribution < 1.29 is 19.2 Å². The molecule has 1 heterocycles. The zero-order valence-electron chi connectivity index (χ0n) is 30.9. The molecule has 0 aliphatic rings. The molecule has 0 saturated heterocycles. The number of carbonyl (C=O) groups excluding carboxylic acids is 3. The van der Waals surface area contributed by atoms with Crippen LogP contribution in [0.4, 0.5) is 0 Å². The van der Waals surface area contributed by atoms with Gasteiger partial charge in [0.05, 0.1) is 5.52 Å². The lowest BCUT2D eigenvalue weighted by Gasteiger charge is -2.19. The highest BCUT2D eigenvalue weighted by atomic mass is 16.7. The highest BCUT2D eigenvalue weighted by Crippen LogP contribution is 2.39. The first-order valence-electron chi connectivity index (χ1n) is 18.5. The monoisotopic (exact) mass is 672 g/mol. The summed E-state index contributed by atoms with van der Waals surface area (Å²) in [6.45, 7) is 14.8. The van der Waals surface area contributed by atoms with Gasteiger partial charge in [0.25, 0.3) is 0 Å². The van der Waals surface area contributed by atoms with Gasteiger partial charge in [0.15, 0.2) is 5.78 Å². The summed E-state index contributed by atoms with van der Waals surface area (Å²) >= 11 is 0. The summed E-state index contributed by atoms with van der Waals surface area (Å²) in [5, 5.41) is 7.85. The van der Waals surface area contributed by atoms with Gasteiger partial charge in [0.2, 0.25) is 5.78 Å². The van der Waals surface area contributed by atoms with Crippen LogP contribution >= 0.6 is 0 Å². The summed E-state index contributed by atoms with van der Waals surface area (Å²) in [7, 11) is 0. The Morgan fingerprint density at radius 1 is 0.780 bits per heavy atom. The van der Waals surface area contributed by atoms with E-state index in [0.29, 0.717) is 23.5 Å². The quantitative estimate of drug-likeness (QED) is 0.0344. The lowest BCUT2D eigenvalue weighted by molar-refractivity contribution is -0.140. The van der Waals surface area contributed by atoms with E-state index in [2.05, 4.69) is 67.7 Å². The average molecular weight is 673 g/mol. The molecule has 0 radical (unpaired) electrons. The number of fused-ring (bicyclic) bond motifs is 5. The number of Topliss-reactive ketones (excluding diaryl/α,β-unsaturated/α-hetero) is 1. The molecule has 4 aromatic carbocycles. The van der Waals surface area contributed by atoms with Gasteiger partial charge in [-0.25, -0.2) is 4.79 Å². The minimum atomic E-state index is -0.556. The third-order valence-corrected chi connectivity index (χ3v) is 10.1. The molecule has 0 fully saturated rings. The Kier molecular flexibility index (Phi) is 12.0. The third-order valence-electron chi connectivity index (χ3n) is 10.1. The Balaban J connectivity index is 1.76. The molecule has 1 unspecified atom stereocenters. The van der Waals surface area contributed by atoms with Crippen molar-refractivity contribution in [3.8, 4) is 0 Å². The van der Waals surface area contributed by atoms with Crippen molar-refractivity contribution in [1.82, 2.24) is 4.57 Å². The van der Waals surface area contributed by atoms with Gasteiger partial charge >= 0.3 is 5.97 Å². The summed E-state index contributed by atoms with van der Waals surface area (Å²) in [4.78, 5) is 45.3. The lowest BCUT2D eigenvalue weighted by Crippen LogP contribution is -2.16. The molecule has 262 valence electrons. The van der Waals surface area contributed by atoms with Gasteiger partial charge in [-0.3, -0.25) is 9.59 Å². The fourth-order valence-electron chi connectivity index (χ4n) is 7.54. The van der Waals surface area contributed by atoms with Gasteiger partial charge in [-0.05, 0) is 86.7 Å². The van der Waals surface area contributed by atoms with Gasteiger partial charge < -0.3 is 9.40 Å². The van der Waals surface area contributed by atoms with Crippen LogP contribution in [0.25, 0.3) is 32.6 Å². The number of aryl methyl sites for hydroxylation is 3. The van der Waals surface area contributed by atoms with E-state index in [9.17, 15) is 14.4 Å². The molecule has 6 nitrogen and oxygen atoms in total. The smallest absolute Gasteiger partial charge is 0.331 e. The van der Waals surface area contributed by atoms with Crippen molar-refractivity contribution >= 4 is 55.8 Å². The lowest BCUT2D eigenvalue weighted by atomic mass is 9.89. The van der Waals surface area contributed by atoms with Crippen LogP contribution in [0.2, 0.25) is 0 Å². The molecule has 1 atom stereocenters. The van der Waals surface area contributed by atoms with Crippen LogP contribution in [-0.4, -0.2) is 27.8 Å². The largest absolute Gasteiger partial charge is 0.340 e. The second-order valence-corrected chi connectivity index (χ2v) is 14.0. The summed E-state index contributed by atoms with van der Waals surface area (Å²) in [6.07, 6.45) is 8.84. The second-order valence-electron chi connectivity index (χ2n) is 14.0. The predicted molar refractivity (Wildman–Crippen MR) is 207 cm³/mol. The number of nitrogens with zero attached hydrogens (tertiary/aromatic N) is 2. The van der Waals surface area contributed by atoms with Crippen LogP contribution in [0.3, 0.4) is 0 Å². The number of oxime groups is 1. The molecule has 1 aromatic heterocycles. The first-order chi connectivity index (χ1) is 24.1. The molecular weight excluding hydrogens is 620 g/mol. The molecule has 5 aromatic rings. The van der Waals surface area contributed by atoms with E-state index in [1.807, 2.05) is 44.2 Å². The van der Waals surface area contributed by atoms with Crippen molar-refractivity contribution in [2.75, 3.05) is 0 Å². The molecular formula is C44H52N2O4. The van der Waals surface area contributed by atoms with Crippen molar-refractivity contribution in [3.05, 3.63) is 94.0 Å². The molecule has 6 heteroatoms. The van der Waals surface area contributed by atoms with Crippen LogP contribution in [0.15, 0.2) is 65.8 Å². The van der Waals surface area contributed by atoms with E-state index in [1.165, 1.54) is 13.3 Å². The summed E-state index contributed by atoms with van der Waals surface area (Å²) in [5.74, 6) is -0.316. The molecule has 50 heavy (non-hydrogen) atoms. The van der Waals surface area contributed by atoms with Crippen LogP contribution in [0.5, 0.6) is 0 Å². The fraction of sp³-hybridized carbons (Fsp3) is 0.409. The molecule has 0 bridgehead atoms. The highest BCUT2D eigenvalue weighted by molar-refractivity contribution is 6.46. The third kappa shape index (κ3) is 7.75. The van der Waals surface area contributed by atoms with E-state index in [0.717, 1.165) is 106 Å². The number of ketones is 2. The van der Waals surface area contributed by atoms with Crippen molar-refractivity contribution in [3.63, 3.8) is 0 Å². The van der Waals surface area contributed by atoms with Gasteiger partial charge in [0.1, 0.15) is 5.71 Å². The minimum Gasteiger partial charge on any atom is -0.340 e. The molecule has 0 N–H and O–H groups in total. The van der Waals surface area contributed by atoms with E-state index < -0.39 is 5.97 Å². The number of hydrogen-bond donors (Lipinski definition) is 0. The van der Waals surface area contributed by atoms with Crippen molar-refractivity contribution in [1.29, 1.82) is 0 Å². The van der Waals surface area contributed by atoms with Crippen LogP contribution in [0.1, 0.15) is 128 Å². The van der Waals surface area contributed by atoms with Gasteiger partial charge in [-0.2, -0.15) is 0 Å². The summed E-state index contributed by atoms with van der Waals surface area (Å²) in [6, 6.07) is 20.3. The van der Waals surface area contributed by atoms with Gasteiger partial charge in [-0.1, -0.05) is 106 Å². The normalized spacial score (nSPS) is 12.6. The van der Waals surface area contributed by atoms with Gasteiger partial charge in [0, 0.05) is 51.8 Å². The maximum atomic E-state index is 14.6. The van der Waals surface area contributed by atoms with Crippen molar-refractivity contribution in [2.45, 2.75) is 113 Å². The molecule has 0 saturated carbocycles. The molecule has 0 aliphatic heterocycles.